The fourth-order valence-corrected chi connectivity index (χ4v) is 4.28. The molecule has 0 bridgehead atoms. The minimum Gasteiger partial charge on any atom is -0.357 e. The molecule has 1 heterocycles. The average molecular weight is 519 g/mol. The van der Waals surface area contributed by atoms with E-state index in [1.807, 2.05) is 11.8 Å². The zero-order valence-corrected chi connectivity index (χ0v) is 21.2. The number of likely N-dealkylation sites (tertiary alicyclic amines) is 1. The van der Waals surface area contributed by atoms with Gasteiger partial charge in [0.2, 0.25) is 0 Å². The Labute approximate surface area is 193 Å². The first-order valence-electron chi connectivity index (χ1n) is 10.5. The van der Waals surface area contributed by atoms with Gasteiger partial charge in [0, 0.05) is 42.9 Å². The van der Waals surface area contributed by atoms with Gasteiger partial charge in [-0.3, -0.25) is 4.99 Å². The minimum absolute atomic E-state index is 0. The van der Waals surface area contributed by atoms with Gasteiger partial charge in [0.05, 0.1) is 0 Å². The van der Waals surface area contributed by atoms with Crippen LogP contribution in [0.1, 0.15) is 40.0 Å². The molecular weight excluding hydrogens is 479 g/mol. The third-order valence-electron chi connectivity index (χ3n) is 5.21. The first-order chi connectivity index (χ1) is 13.1. The van der Waals surface area contributed by atoms with Crippen LogP contribution >= 0.6 is 35.7 Å². The Kier molecular flexibility index (Phi) is 13.2. The molecule has 0 spiro atoms. The first-order valence-corrected chi connectivity index (χ1v) is 11.5. The van der Waals surface area contributed by atoms with Gasteiger partial charge in [0.1, 0.15) is 0 Å². The van der Waals surface area contributed by atoms with Gasteiger partial charge in [0.25, 0.3) is 0 Å². The van der Waals surface area contributed by atoms with E-state index in [0.29, 0.717) is 6.04 Å². The van der Waals surface area contributed by atoms with Crippen LogP contribution in [0.4, 0.5) is 0 Å². The van der Waals surface area contributed by atoms with Gasteiger partial charge in [-0.15, -0.1) is 35.7 Å². The van der Waals surface area contributed by atoms with E-state index >= 15 is 0 Å². The van der Waals surface area contributed by atoms with Crippen molar-refractivity contribution in [1.82, 2.24) is 15.1 Å². The number of aliphatic imine (C=N–C) groups is 1. The highest BCUT2D eigenvalue weighted by Gasteiger charge is 2.24. The third kappa shape index (κ3) is 9.35. The van der Waals surface area contributed by atoms with Gasteiger partial charge < -0.3 is 15.1 Å². The van der Waals surface area contributed by atoms with E-state index in [2.05, 4.69) is 73.3 Å². The second-order valence-electron chi connectivity index (χ2n) is 7.74. The molecule has 1 saturated heterocycles. The molecule has 1 atom stereocenters. The summed E-state index contributed by atoms with van der Waals surface area (Å²) in [6, 6.07) is 11.4. The zero-order valence-electron chi connectivity index (χ0n) is 18.1. The van der Waals surface area contributed by atoms with Crippen LogP contribution in [0.5, 0.6) is 0 Å². The number of rotatable bonds is 10. The highest BCUT2D eigenvalue weighted by molar-refractivity contribution is 14.0. The van der Waals surface area contributed by atoms with Crippen molar-refractivity contribution in [2.75, 3.05) is 45.5 Å². The Balaban J connectivity index is 0.00000392. The smallest absolute Gasteiger partial charge is 0.193 e. The molecule has 1 fully saturated rings. The summed E-state index contributed by atoms with van der Waals surface area (Å²) in [5.74, 6) is 3.06. The van der Waals surface area contributed by atoms with Crippen molar-refractivity contribution in [3.8, 4) is 0 Å². The molecule has 1 N–H and O–H groups in total. The number of hydrogen-bond donors (Lipinski definition) is 1. The monoisotopic (exact) mass is 518 g/mol. The lowest BCUT2D eigenvalue weighted by Gasteiger charge is -2.22. The second kappa shape index (κ2) is 14.5. The lowest BCUT2D eigenvalue weighted by atomic mass is 10.2. The molecule has 0 amide bonds. The van der Waals surface area contributed by atoms with E-state index in [1.165, 1.54) is 23.5 Å². The SMILES string of the molecule is CCNC(=NCCCCN(C)C(C)C)N1CCC(CSc2ccccc2)C1.I. The maximum absolute atomic E-state index is 4.90. The summed E-state index contributed by atoms with van der Waals surface area (Å²) in [5.41, 5.74) is 0. The first kappa shape index (κ1) is 25.6. The van der Waals surface area contributed by atoms with Crippen LogP contribution in [0.3, 0.4) is 0 Å². The predicted octanol–water partition coefficient (Wildman–Crippen LogP) is 4.80. The maximum Gasteiger partial charge on any atom is 0.193 e. The number of unbranched alkanes of at least 4 members (excludes halogenated alkanes) is 1. The molecule has 1 unspecified atom stereocenters. The van der Waals surface area contributed by atoms with Gasteiger partial charge in [-0.2, -0.15) is 0 Å². The van der Waals surface area contributed by atoms with Gasteiger partial charge >= 0.3 is 0 Å². The molecule has 0 aliphatic carbocycles. The van der Waals surface area contributed by atoms with Crippen LogP contribution in [0.2, 0.25) is 0 Å². The van der Waals surface area contributed by atoms with Crippen LogP contribution in [-0.4, -0.2) is 67.3 Å². The second-order valence-corrected chi connectivity index (χ2v) is 8.84. The van der Waals surface area contributed by atoms with Gasteiger partial charge in [0.15, 0.2) is 5.96 Å². The third-order valence-corrected chi connectivity index (χ3v) is 6.45. The zero-order chi connectivity index (χ0) is 19.5. The molecule has 1 aliphatic heterocycles. The predicted molar refractivity (Wildman–Crippen MR) is 135 cm³/mol. The van der Waals surface area contributed by atoms with Crippen LogP contribution in [-0.2, 0) is 0 Å². The average Bonchev–Trinajstić information content (AvgIpc) is 3.14. The number of nitrogens with zero attached hydrogens (tertiary/aromatic N) is 3. The van der Waals surface area contributed by atoms with Crippen LogP contribution in [0.25, 0.3) is 0 Å². The highest BCUT2D eigenvalue weighted by Crippen LogP contribution is 2.25. The molecule has 2 rings (SSSR count). The Bertz CT molecular complexity index is 553. The van der Waals surface area contributed by atoms with Gasteiger partial charge in [-0.25, -0.2) is 0 Å². The molecule has 6 heteroatoms. The van der Waals surface area contributed by atoms with Crippen LogP contribution < -0.4 is 5.32 Å². The van der Waals surface area contributed by atoms with Crippen LogP contribution in [0.15, 0.2) is 40.2 Å². The Morgan fingerprint density at radius 1 is 1.29 bits per heavy atom. The van der Waals surface area contributed by atoms with Crippen molar-refractivity contribution < 1.29 is 0 Å². The van der Waals surface area contributed by atoms with Crippen molar-refractivity contribution in [2.45, 2.75) is 51.0 Å². The topological polar surface area (TPSA) is 30.9 Å². The quantitative estimate of drug-likeness (QED) is 0.159. The van der Waals surface area contributed by atoms with E-state index in [-0.39, 0.29) is 24.0 Å². The number of guanidine groups is 1. The summed E-state index contributed by atoms with van der Waals surface area (Å²) in [4.78, 5) is 11.1. The van der Waals surface area contributed by atoms with E-state index in [9.17, 15) is 0 Å². The molecular formula is C22H39IN4S. The molecule has 160 valence electrons. The van der Waals surface area contributed by atoms with E-state index in [1.54, 1.807) is 0 Å². The molecule has 0 aromatic heterocycles. The summed E-state index contributed by atoms with van der Waals surface area (Å²) >= 11 is 1.98. The van der Waals surface area contributed by atoms with E-state index < -0.39 is 0 Å². The van der Waals surface area contributed by atoms with Gasteiger partial charge in [-0.05, 0) is 71.7 Å². The van der Waals surface area contributed by atoms with Crippen molar-refractivity contribution in [3.63, 3.8) is 0 Å². The largest absolute Gasteiger partial charge is 0.357 e. The maximum atomic E-state index is 4.90. The number of benzene rings is 1. The van der Waals surface area contributed by atoms with E-state index in [4.69, 9.17) is 4.99 Å². The summed E-state index contributed by atoms with van der Waals surface area (Å²) in [7, 11) is 2.20. The standard InChI is InChI=1S/C22H38N4S.HI/c1-5-23-22(24-14-9-10-15-25(4)19(2)3)26-16-13-20(17-26)18-27-21-11-7-6-8-12-21;/h6-8,11-12,19-20H,5,9-10,13-18H2,1-4H3,(H,23,24);1H. The minimum atomic E-state index is 0. The van der Waals surface area contributed by atoms with Crippen molar-refractivity contribution in [2.24, 2.45) is 10.9 Å². The number of halogens is 1. The molecule has 4 nitrogen and oxygen atoms in total. The molecule has 1 aliphatic rings. The number of nitrogens with one attached hydrogen (secondary N) is 1. The fraction of sp³-hybridized carbons (Fsp3) is 0.682. The van der Waals surface area contributed by atoms with Crippen molar-refractivity contribution >= 4 is 41.7 Å². The number of hydrogen-bond acceptors (Lipinski definition) is 3. The summed E-state index contributed by atoms with van der Waals surface area (Å²) in [6.07, 6.45) is 3.64. The number of thioether (sulfide) groups is 1. The summed E-state index contributed by atoms with van der Waals surface area (Å²) < 4.78 is 0. The van der Waals surface area contributed by atoms with Crippen LogP contribution in [0, 0.1) is 5.92 Å². The van der Waals surface area contributed by atoms with Crippen molar-refractivity contribution in [3.05, 3.63) is 30.3 Å². The van der Waals surface area contributed by atoms with Gasteiger partial charge in [-0.1, -0.05) is 18.2 Å². The Hall–Kier alpha value is -0.470. The summed E-state index contributed by atoms with van der Waals surface area (Å²) in [6.45, 7) is 11.9. The van der Waals surface area contributed by atoms with Crippen molar-refractivity contribution in [1.29, 1.82) is 0 Å². The highest BCUT2D eigenvalue weighted by atomic mass is 127. The molecule has 1 aromatic rings. The lowest BCUT2D eigenvalue weighted by Crippen LogP contribution is -2.40. The molecule has 0 saturated carbocycles. The Morgan fingerprint density at radius 2 is 2.04 bits per heavy atom. The lowest BCUT2D eigenvalue weighted by molar-refractivity contribution is 0.269. The fourth-order valence-electron chi connectivity index (χ4n) is 3.23. The Morgan fingerprint density at radius 3 is 2.71 bits per heavy atom. The molecule has 28 heavy (non-hydrogen) atoms. The molecule has 1 aromatic carbocycles. The van der Waals surface area contributed by atoms with E-state index in [0.717, 1.165) is 51.0 Å². The summed E-state index contributed by atoms with van der Waals surface area (Å²) in [5, 5.41) is 3.50. The normalized spacial score (nSPS) is 17.3. The molecule has 0 radical (unpaired) electrons.